The lowest BCUT2D eigenvalue weighted by Gasteiger charge is -2.08. The van der Waals surface area contributed by atoms with Crippen molar-refractivity contribution in [2.24, 2.45) is 0 Å². The molecule has 22 heavy (non-hydrogen) atoms. The molecule has 1 heterocycles. The van der Waals surface area contributed by atoms with E-state index >= 15 is 0 Å². The van der Waals surface area contributed by atoms with E-state index in [1.165, 1.54) is 5.56 Å². The van der Waals surface area contributed by atoms with Crippen LogP contribution in [-0.2, 0) is 13.0 Å². The Morgan fingerprint density at radius 1 is 1.00 bits per heavy atom. The molecule has 0 atom stereocenters. The number of aromatic nitrogens is 1. The fraction of sp³-hybridized carbons (Fsp3) is 0.211. The maximum absolute atomic E-state index is 5.86. The predicted molar refractivity (Wildman–Crippen MR) is 90.1 cm³/mol. The molecule has 0 saturated heterocycles. The minimum Gasteiger partial charge on any atom is -0.489 e. The first-order valence-corrected chi connectivity index (χ1v) is 7.56. The predicted octanol–water partition coefficient (Wildman–Crippen LogP) is 3.58. The van der Waals surface area contributed by atoms with Gasteiger partial charge in [0.05, 0.1) is 5.52 Å². The van der Waals surface area contributed by atoms with Gasteiger partial charge < -0.3 is 10.1 Å². The summed E-state index contributed by atoms with van der Waals surface area (Å²) in [6.45, 7) is 1.52. The van der Waals surface area contributed by atoms with E-state index in [4.69, 9.17) is 4.74 Å². The van der Waals surface area contributed by atoms with Gasteiger partial charge in [0.15, 0.2) is 0 Å². The summed E-state index contributed by atoms with van der Waals surface area (Å²) >= 11 is 0. The minimum absolute atomic E-state index is 0.583. The van der Waals surface area contributed by atoms with Crippen LogP contribution in [-0.4, -0.2) is 18.6 Å². The summed E-state index contributed by atoms with van der Waals surface area (Å²) < 4.78 is 5.86. The molecule has 1 aromatic heterocycles. The van der Waals surface area contributed by atoms with Crippen molar-refractivity contribution in [3.8, 4) is 5.75 Å². The first-order chi connectivity index (χ1) is 10.8. The van der Waals surface area contributed by atoms with Crippen molar-refractivity contribution in [3.05, 3.63) is 71.9 Å². The average molecular weight is 292 g/mol. The van der Waals surface area contributed by atoms with E-state index in [1.54, 1.807) is 0 Å². The number of nitrogens with one attached hydrogen (secondary N) is 1. The van der Waals surface area contributed by atoms with Crippen molar-refractivity contribution in [3.63, 3.8) is 0 Å². The van der Waals surface area contributed by atoms with Crippen LogP contribution in [0.3, 0.4) is 0 Å². The van der Waals surface area contributed by atoms with Gasteiger partial charge in [-0.05, 0) is 36.9 Å². The summed E-state index contributed by atoms with van der Waals surface area (Å²) in [5, 5.41) is 4.26. The molecule has 0 aliphatic rings. The Morgan fingerprint density at radius 3 is 2.68 bits per heavy atom. The minimum atomic E-state index is 0.583. The number of ether oxygens (including phenoxy) is 1. The number of benzene rings is 2. The lowest BCUT2D eigenvalue weighted by Crippen LogP contribution is -2.11. The standard InChI is InChI=1S/C19H20N2O/c1-20-12-11-17-8-7-16-13-18(9-10-19(16)21-17)22-14-15-5-3-2-4-6-15/h2-10,13,20H,11-12,14H2,1H3. The van der Waals surface area contributed by atoms with Crippen molar-refractivity contribution < 1.29 is 4.74 Å². The van der Waals surface area contributed by atoms with Crippen LogP contribution in [0.4, 0.5) is 0 Å². The van der Waals surface area contributed by atoms with E-state index in [1.807, 2.05) is 43.4 Å². The maximum Gasteiger partial charge on any atom is 0.120 e. The van der Waals surface area contributed by atoms with Crippen LogP contribution in [0.5, 0.6) is 5.75 Å². The molecule has 0 aliphatic carbocycles. The van der Waals surface area contributed by atoms with E-state index in [0.717, 1.165) is 35.3 Å². The third kappa shape index (κ3) is 3.62. The van der Waals surface area contributed by atoms with E-state index in [-0.39, 0.29) is 0 Å². The molecule has 0 radical (unpaired) electrons. The molecule has 1 N–H and O–H groups in total. The van der Waals surface area contributed by atoms with Gasteiger partial charge in [-0.3, -0.25) is 4.98 Å². The molecule has 0 amide bonds. The van der Waals surface area contributed by atoms with Gasteiger partial charge in [-0.1, -0.05) is 36.4 Å². The Bertz CT molecular complexity index is 741. The van der Waals surface area contributed by atoms with Crippen LogP contribution in [0.25, 0.3) is 10.9 Å². The van der Waals surface area contributed by atoms with Gasteiger partial charge >= 0.3 is 0 Å². The summed E-state index contributed by atoms with van der Waals surface area (Å²) in [7, 11) is 1.96. The van der Waals surface area contributed by atoms with Crippen LogP contribution in [0.1, 0.15) is 11.3 Å². The largest absolute Gasteiger partial charge is 0.489 e. The molecule has 0 fully saturated rings. The third-order valence-corrected chi connectivity index (χ3v) is 3.60. The van der Waals surface area contributed by atoms with Gasteiger partial charge in [-0.25, -0.2) is 0 Å². The molecule has 3 aromatic rings. The van der Waals surface area contributed by atoms with Crippen molar-refractivity contribution in [2.45, 2.75) is 13.0 Å². The molecule has 0 bridgehead atoms. The third-order valence-electron chi connectivity index (χ3n) is 3.60. The van der Waals surface area contributed by atoms with Crippen molar-refractivity contribution in [1.82, 2.24) is 10.3 Å². The van der Waals surface area contributed by atoms with E-state index in [0.29, 0.717) is 6.61 Å². The highest BCUT2D eigenvalue weighted by Crippen LogP contribution is 2.21. The number of nitrogens with zero attached hydrogens (tertiary/aromatic N) is 1. The van der Waals surface area contributed by atoms with Gasteiger partial charge in [0.2, 0.25) is 0 Å². The Balaban J connectivity index is 1.72. The molecule has 112 valence electrons. The molecule has 0 aliphatic heterocycles. The number of hydrogen-bond acceptors (Lipinski definition) is 3. The fourth-order valence-corrected chi connectivity index (χ4v) is 2.37. The zero-order chi connectivity index (χ0) is 15.2. The maximum atomic E-state index is 5.86. The van der Waals surface area contributed by atoms with Gasteiger partial charge in [0.25, 0.3) is 0 Å². The molecule has 2 aromatic carbocycles. The summed E-state index contributed by atoms with van der Waals surface area (Å²) in [6, 6.07) is 20.4. The second-order valence-electron chi connectivity index (χ2n) is 5.28. The van der Waals surface area contributed by atoms with E-state index in [2.05, 4.69) is 34.6 Å². The highest BCUT2D eigenvalue weighted by molar-refractivity contribution is 5.80. The molecular formula is C19H20N2O. The zero-order valence-corrected chi connectivity index (χ0v) is 12.8. The number of fused-ring (bicyclic) bond motifs is 1. The molecule has 3 nitrogen and oxygen atoms in total. The molecular weight excluding hydrogens is 272 g/mol. The van der Waals surface area contributed by atoms with Crippen molar-refractivity contribution in [2.75, 3.05) is 13.6 Å². The lowest BCUT2D eigenvalue weighted by molar-refractivity contribution is 0.306. The molecule has 3 rings (SSSR count). The molecule has 0 spiro atoms. The monoisotopic (exact) mass is 292 g/mol. The van der Waals surface area contributed by atoms with Crippen molar-refractivity contribution in [1.29, 1.82) is 0 Å². The summed E-state index contributed by atoms with van der Waals surface area (Å²) in [6.07, 6.45) is 0.943. The van der Waals surface area contributed by atoms with Gasteiger partial charge in [-0.2, -0.15) is 0 Å². The second-order valence-corrected chi connectivity index (χ2v) is 5.28. The smallest absolute Gasteiger partial charge is 0.120 e. The molecule has 0 saturated carbocycles. The van der Waals surface area contributed by atoms with Crippen LogP contribution >= 0.6 is 0 Å². The van der Waals surface area contributed by atoms with Gasteiger partial charge in [-0.15, -0.1) is 0 Å². The van der Waals surface area contributed by atoms with E-state index in [9.17, 15) is 0 Å². The van der Waals surface area contributed by atoms with Gasteiger partial charge in [0, 0.05) is 24.0 Å². The Hall–Kier alpha value is -2.39. The van der Waals surface area contributed by atoms with E-state index < -0.39 is 0 Å². The number of rotatable bonds is 6. The van der Waals surface area contributed by atoms with Crippen LogP contribution in [0.15, 0.2) is 60.7 Å². The summed E-state index contributed by atoms with van der Waals surface area (Å²) in [5.41, 5.74) is 3.30. The summed E-state index contributed by atoms with van der Waals surface area (Å²) in [5.74, 6) is 0.876. The fourth-order valence-electron chi connectivity index (χ4n) is 2.37. The first kappa shape index (κ1) is 14.5. The SMILES string of the molecule is CNCCc1ccc2cc(OCc3ccccc3)ccc2n1. The number of pyridine rings is 1. The van der Waals surface area contributed by atoms with Crippen LogP contribution in [0, 0.1) is 0 Å². The Kier molecular flexibility index (Phi) is 4.66. The van der Waals surface area contributed by atoms with Crippen LogP contribution < -0.4 is 10.1 Å². The zero-order valence-electron chi connectivity index (χ0n) is 12.8. The normalized spacial score (nSPS) is 10.8. The topological polar surface area (TPSA) is 34.1 Å². The Morgan fingerprint density at radius 2 is 1.86 bits per heavy atom. The molecule has 3 heteroatoms. The quantitative estimate of drug-likeness (QED) is 0.754. The van der Waals surface area contributed by atoms with Crippen molar-refractivity contribution >= 4 is 10.9 Å². The lowest BCUT2D eigenvalue weighted by atomic mass is 10.1. The van der Waals surface area contributed by atoms with Crippen LogP contribution in [0.2, 0.25) is 0 Å². The first-order valence-electron chi connectivity index (χ1n) is 7.56. The number of likely N-dealkylation sites (N-methyl/N-ethyl adjacent to an activating group) is 1. The highest BCUT2D eigenvalue weighted by Gasteiger charge is 2.01. The molecule has 0 unspecified atom stereocenters. The average Bonchev–Trinajstić information content (AvgIpc) is 2.59. The summed E-state index contributed by atoms with van der Waals surface area (Å²) in [4.78, 5) is 4.68. The second kappa shape index (κ2) is 7.05. The Labute approximate surface area is 131 Å². The highest BCUT2D eigenvalue weighted by atomic mass is 16.5. The number of hydrogen-bond donors (Lipinski definition) is 1. The van der Waals surface area contributed by atoms with Gasteiger partial charge in [0.1, 0.15) is 12.4 Å².